The molecule has 0 spiro atoms. The van der Waals surface area contributed by atoms with Crippen molar-refractivity contribution in [3.05, 3.63) is 69.4 Å². The maximum atomic E-state index is 13.7. The average molecular weight is 272 g/mol. The molecule has 1 aromatic heterocycles. The van der Waals surface area contributed by atoms with Gasteiger partial charge in [-0.05, 0) is 24.3 Å². The van der Waals surface area contributed by atoms with Crippen molar-refractivity contribution in [2.24, 2.45) is 0 Å². The molecule has 5 nitrogen and oxygen atoms in total. The summed E-state index contributed by atoms with van der Waals surface area (Å²) < 4.78 is 14.8. The molecule has 0 aliphatic heterocycles. The number of nitrogens with zero attached hydrogens (tertiary/aromatic N) is 2. The average Bonchev–Trinajstić information content (AvgIpc) is 2.42. The normalized spacial score (nSPS) is 10.0. The van der Waals surface area contributed by atoms with Gasteiger partial charge in [-0.15, -0.1) is 0 Å². The highest BCUT2D eigenvalue weighted by Gasteiger charge is 2.11. The Balaban J connectivity index is 2.41. The number of hydrogen-bond acceptors (Lipinski definition) is 3. The fourth-order valence-electron chi connectivity index (χ4n) is 1.75. The first kappa shape index (κ1) is 13.5. The van der Waals surface area contributed by atoms with Gasteiger partial charge in [0.2, 0.25) is 0 Å². The Morgan fingerprint density at radius 1 is 1.40 bits per heavy atom. The van der Waals surface area contributed by atoms with Crippen molar-refractivity contribution in [2.75, 3.05) is 0 Å². The fraction of sp³-hybridized carbons (Fsp3) is 0.0714. The van der Waals surface area contributed by atoms with Gasteiger partial charge < -0.3 is 9.67 Å². The molecule has 0 saturated carbocycles. The molecule has 100 valence electrons. The second-order valence-electron chi connectivity index (χ2n) is 4.08. The molecule has 0 saturated heterocycles. The minimum absolute atomic E-state index is 0.0997. The van der Waals surface area contributed by atoms with Crippen LogP contribution in [0.4, 0.5) is 4.39 Å². The van der Waals surface area contributed by atoms with Gasteiger partial charge in [-0.1, -0.05) is 6.07 Å². The van der Waals surface area contributed by atoms with E-state index in [1.165, 1.54) is 30.5 Å². The quantitative estimate of drug-likeness (QED) is 0.920. The van der Waals surface area contributed by atoms with Crippen LogP contribution in [-0.4, -0.2) is 15.6 Å². The number of carboxylic acid groups (broad SMARTS) is 1. The summed E-state index contributed by atoms with van der Waals surface area (Å²) in [5, 5.41) is 17.5. The topological polar surface area (TPSA) is 83.1 Å². The molecule has 0 amide bonds. The third-order valence-corrected chi connectivity index (χ3v) is 2.77. The Bertz CT molecular complexity index is 775. The molecule has 1 N–H and O–H groups in total. The Morgan fingerprint density at radius 3 is 2.75 bits per heavy atom. The number of nitriles is 1. The van der Waals surface area contributed by atoms with E-state index in [9.17, 15) is 14.0 Å². The van der Waals surface area contributed by atoms with E-state index < -0.39 is 17.3 Å². The molecule has 1 heterocycles. The smallest absolute Gasteiger partial charge is 0.341 e. The lowest BCUT2D eigenvalue weighted by Crippen LogP contribution is -2.26. The third-order valence-electron chi connectivity index (χ3n) is 2.77. The number of halogens is 1. The van der Waals surface area contributed by atoms with E-state index in [0.29, 0.717) is 0 Å². The van der Waals surface area contributed by atoms with Crippen LogP contribution < -0.4 is 5.56 Å². The van der Waals surface area contributed by atoms with Crippen LogP contribution in [0.3, 0.4) is 0 Å². The maximum absolute atomic E-state index is 13.7. The maximum Gasteiger partial charge on any atom is 0.341 e. The van der Waals surface area contributed by atoms with E-state index in [2.05, 4.69) is 0 Å². The predicted octanol–water partition coefficient (Wildman–Crippen LogP) is 1.61. The summed E-state index contributed by atoms with van der Waals surface area (Å²) in [4.78, 5) is 22.7. The third kappa shape index (κ3) is 2.57. The highest BCUT2D eigenvalue weighted by Crippen LogP contribution is 2.11. The van der Waals surface area contributed by atoms with Crippen LogP contribution in [0.1, 0.15) is 21.5 Å². The summed E-state index contributed by atoms with van der Waals surface area (Å²) in [5.74, 6) is -1.94. The largest absolute Gasteiger partial charge is 0.477 e. The summed E-state index contributed by atoms with van der Waals surface area (Å²) in [5.41, 5.74) is -0.697. The highest BCUT2D eigenvalue weighted by molar-refractivity contribution is 5.86. The van der Waals surface area contributed by atoms with Crippen LogP contribution in [0.5, 0.6) is 0 Å². The van der Waals surface area contributed by atoms with Gasteiger partial charge in [0.05, 0.1) is 18.2 Å². The molecule has 2 aromatic rings. The molecular formula is C14H9FN2O3. The van der Waals surface area contributed by atoms with E-state index in [-0.39, 0.29) is 23.2 Å². The van der Waals surface area contributed by atoms with Crippen molar-refractivity contribution in [1.29, 1.82) is 5.26 Å². The van der Waals surface area contributed by atoms with Crippen LogP contribution in [0, 0.1) is 17.1 Å². The molecule has 0 aliphatic rings. The first-order valence-corrected chi connectivity index (χ1v) is 5.64. The summed E-state index contributed by atoms with van der Waals surface area (Å²) in [6.07, 6.45) is 1.38. The monoisotopic (exact) mass is 272 g/mol. The number of rotatable bonds is 3. The van der Waals surface area contributed by atoms with Crippen molar-refractivity contribution >= 4 is 5.97 Å². The van der Waals surface area contributed by atoms with Crippen molar-refractivity contribution in [1.82, 2.24) is 4.57 Å². The summed E-state index contributed by atoms with van der Waals surface area (Å²) >= 11 is 0. The van der Waals surface area contributed by atoms with E-state index >= 15 is 0 Å². The first-order chi connectivity index (χ1) is 9.52. The molecule has 0 atom stereocenters. The van der Waals surface area contributed by atoms with Crippen molar-refractivity contribution in [3.8, 4) is 6.07 Å². The Morgan fingerprint density at radius 2 is 2.15 bits per heavy atom. The number of carbonyl (C=O) groups is 1. The Labute approximate surface area is 113 Å². The molecule has 20 heavy (non-hydrogen) atoms. The van der Waals surface area contributed by atoms with Gasteiger partial charge in [-0.2, -0.15) is 5.26 Å². The molecule has 0 radical (unpaired) electrons. The molecule has 0 aliphatic carbocycles. The molecule has 6 heteroatoms. The van der Waals surface area contributed by atoms with E-state index in [0.717, 1.165) is 10.6 Å². The molecule has 1 aromatic carbocycles. The van der Waals surface area contributed by atoms with Gasteiger partial charge in [0.1, 0.15) is 11.4 Å². The zero-order valence-electron chi connectivity index (χ0n) is 10.2. The van der Waals surface area contributed by atoms with Gasteiger partial charge >= 0.3 is 5.97 Å². The first-order valence-electron chi connectivity index (χ1n) is 5.64. The summed E-state index contributed by atoms with van der Waals surface area (Å²) in [6.45, 7) is -0.0997. The molecule has 0 fully saturated rings. The lowest BCUT2D eigenvalue weighted by molar-refractivity contribution is 0.0694. The lowest BCUT2D eigenvalue weighted by atomic mass is 10.1. The summed E-state index contributed by atoms with van der Waals surface area (Å²) in [7, 11) is 0. The molecule has 2 rings (SSSR count). The van der Waals surface area contributed by atoms with Crippen LogP contribution in [-0.2, 0) is 6.54 Å². The van der Waals surface area contributed by atoms with Crippen LogP contribution in [0.2, 0.25) is 0 Å². The predicted molar refractivity (Wildman–Crippen MR) is 67.9 cm³/mol. The number of carboxylic acids is 1. The standard InChI is InChI=1S/C14H9FN2O3/c15-12-6-9(7-16)3-4-10(12)8-17-5-1-2-11(13(17)18)14(19)20/h1-6H,8H2,(H,19,20). The molecule has 0 unspecified atom stereocenters. The van der Waals surface area contributed by atoms with Gasteiger partial charge in [-0.25, -0.2) is 9.18 Å². The lowest BCUT2D eigenvalue weighted by Gasteiger charge is -2.07. The number of pyridine rings is 1. The van der Waals surface area contributed by atoms with Crippen LogP contribution in [0.25, 0.3) is 0 Å². The Kier molecular flexibility index (Phi) is 3.62. The molecular weight excluding hydrogens is 263 g/mol. The second-order valence-corrected chi connectivity index (χ2v) is 4.08. The van der Waals surface area contributed by atoms with Crippen LogP contribution in [0.15, 0.2) is 41.3 Å². The number of aromatic nitrogens is 1. The Hall–Kier alpha value is -2.94. The van der Waals surface area contributed by atoms with Gasteiger partial charge in [-0.3, -0.25) is 4.79 Å². The zero-order chi connectivity index (χ0) is 14.7. The van der Waals surface area contributed by atoms with E-state index in [1.807, 2.05) is 6.07 Å². The van der Waals surface area contributed by atoms with Crippen molar-refractivity contribution < 1.29 is 14.3 Å². The fourth-order valence-corrected chi connectivity index (χ4v) is 1.75. The van der Waals surface area contributed by atoms with Crippen molar-refractivity contribution in [2.45, 2.75) is 6.54 Å². The minimum Gasteiger partial charge on any atom is -0.477 e. The summed E-state index contributed by atoms with van der Waals surface area (Å²) in [6, 6.07) is 8.31. The SMILES string of the molecule is N#Cc1ccc(Cn2cccc(C(=O)O)c2=O)c(F)c1. The van der Waals surface area contributed by atoms with Crippen LogP contribution >= 0.6 is 0 Å². The number of benzene rings is 1. The molecule has 0 bridgehead atoms. The number of hydrogen-bond donors (Lipinski definition) is 1. The van der Waals surface area contributed by atoms with Gasteiger partial charge in [0, 0.05) is 11.8 Å². The van der Waals surface area contributed by atoms with E-state index in [4.69, 9.17) is 10.4 Å². The van der Waals surface area contributed by atoms with Gasteiger partial charge in [0.25, 0.3) is 5.56 Å². The number of aromatic carboxylic acids is 1. The van der Waals surface area contributed by atoms with Crippen molar-refractivity contribution in [3.63, 3.8) is 0 Å². The van der Waals surface area contributed by atoms with E-state index in [1.54, 1.807) is 0 Å². The second kappa shape index (κ2) is 5.36. The minimum atomic E-state index is -1.33. The van der Waals surface area contributed by atoms with Gasteiger partial charge in [0.15, 0.2) is 0 Å². The zero-order valence-corrected chi connectivity index (χ0v) is 10.2. The highest BCUT2D eigenvalue weighted by atomic mass is 19.1.